The average molecular weight is 289 g/mol. The van der Waals surface area contributed by atoms with Crippen LogP contribution in [0.15, 0.2) is 42.5 Å². The summed E-state index contributed by atoms with van der Waals surface area (Å²) in [4.78, 5) is 0. The molecule has 21 heavy (non-hydrogen) atoms. The van der Waals surface area contributed by atoms with Crippen LogP contribution in [-0.2, 0) is 0 Å². The van der Waals surface area contributed by atoms with Crippen molar-refractivity contribution in [2.75, 3.05) is 18.5 Å². The number of halogens is 1. The Bertz CT molecular complexity index is 581. The second kappa shape index (κ2) is 7.09. The van der Waals surface area contributed by atoms with Gasteiger partial charge >= 0.3 is 0 Å². The molecular weight excluding hydrogens is 269 g/mol. The smallest absolute Gasteiger partial charge is 0.146 e. The number of aliphatic hydroxyl groups excluding tert-OH is 1. The highest BCUT2D eigenvalue weighted by atomic mass is 19.1. The van der Waals surface area contributed by atoms with Gasteiger partial charge in [-0.1, -0.05) is 24.3 Å². The van der Waals surface area contributed by atoms with Gasteiger partial charge in [0.05, 0.1) is 5.69 Å². The number of anilines is 1. The zero-order chi connectivity index (χ0) is 15.2. The molecule has 0 bridgehead atoms. The van der Waals surface area contributed by atoms with E-state index in [0.29, 0.717) is 5.69 Å². The summed E-state index contributed by atoms with van der Waals surface area (Å²) in [6.07, 6.45) is -0.718. The van der Waals surface area contributed by atoms with Crippen LogP contribution in [0.2, 0.25) is 0 Å². The largest absolute Gasteiger partial charge is 0.491 e. The van der Waals surface area contributed by atoms with Crippen LogP contribution in [0, 0.1) is 19.7 Å². The molecule has 2 aromatic carbocycles. The molecule has 1 atom stereocenters. The highest BCUT2D eigenvalue weighted by molar-refractivity contribution is 5.51. The minimum Gasteiger partial charge on any atom is -0.491 e. The van der Waals surface area contributed by atoms with Gasteiger partial charge in [0.15, 0.2) is 0 Å². The van der Waals surface area contributed by atoms with Crippen molar-refractivity contribution in [3.63, 3.8) is 0 Å². The fourth-order valence-corrected chi connectivity index (χ4v) is 2.03. The van der Waals surface area contributed by atoms with E-state index in [2.05, 4.69) is 5.32 Å². The lowest BCUT2D eigenvalue weighted by Crippen LogP contribution is -2.26. The number of nitrogens with one attached hydrogen (secondary N) is 1. The minimum atomic E-state index is -0.718. The molecule has 0 aromatic heterocycles. The lowest BCUT2D eigenvalue weighted by Gasteiger charge is -2.16. The summed E-state index contributed by atoms with van der Waals surface area (Å²) in [6.45, 7) is 4.18. The minimum absolute atomic E-state index is 0.157. The van der Waals surface area contributed by atoms with Gasteiger partial charge in [0.2, 0.25) is 0 Å². The Hall–Kier alpha value is -2.07. The number of para-hydroxylation sites is 1. The number of aryl methyl sites for hydroxylation is 2. The molecule has 0 radical (unpaired) electrons. The topological polar surface area (TPSA) is 41.5 Å². The molecule has 0 aliphatic heterocycles. The maximum absolute atomic E-state index is 13.6. The molecule has 1 unspecified atom stereocenters. The number of aliphatic hydroxyl groups is 1. The monoisotopic (exact) mass is 289 g/mol. The van der Waals surface area contributed by atoms with Crippen molar-refractivity contribution in [2.45, 2.75) is 20.0 Å². The van der Waals surface area contributed by atoms with E-state index in [9.17, 15) is 9.50 Å². The van der Waals surface area contributed by atoms with Gasteiger partial charge in [-0.05, 0) is 43.2 Å². The number of benzene rings is 2. The summed E-state index contributed by atoms with van der Waals surface area (Å²) in [5, 5.41) is 12.8. The molecule has 2 aromatic rings. The van der Waals surface area contributed by atoms with Crippen molar-refractivity contribution < 1.29 is 14.2 Å². The quantitative estimate of drug-likeness (QED) is 0.857. The SMILES string of the molecule is Cc1cccc(OCC(O)CNc2c(C)cccc2F)c1. The zero-order valence-corrected chi connectivity index (χ0v) is 12.3. The Labute approximate surface area is 124 Å². The van der Waals surface area contributed by atoms with Crippen molar-refractivity contribution in [1.29, 1.82) is 0 Å². The van der Waals surface area contributed by atoms with Crippen LogP contribution in [0.25, 0.3) is 0 Å². The Morgan fingerprint density at radius 2 is 1.95 bits per heavy atom. The number of ether oxygens (including phenoxy) is 1. The normalized spacial score (nSPS) is 12.0. The zero-order valence-electron chi connectivity index (χ0n) is 12.3. The highest BCUT2D eigenvalue weighted by Crippen LogP contribution is 2.18. The van der Waals surface area contributed by atoms with Crippen molar-refractivity contribution in [1.82, 2.24) is 0 Å². The standard InChI is InChI=1S/C17H20FNO2/c1-12-5-3-7-15(9-12)21-11-14(20)10-19-17-13(2)6-4-8-16(17)18/h3-9,14,19-20H,10-11H2,1-2H3. The molecule has 0 aliphatic carbocycles. The van der Waals surface area contributed by atoms with Crippen LogP contribution in [0.5, 0.6) is 5.75 Å². The fourth-order valence-electron chi connectivity index (χ4n) is 2.03. The van der Waals surface area contributed by atoms with Crippen LogP contribution >= 0.6 is 0 Å². The maximum atomic E-state index is 13.6. The summed E-state index contributed by atoms with van der Waals surface area (Å²) in [7, 11) is 0. The van der Waals surface area contributed by atoms with E-state index in [1.54, 1.807) is 6.07 Å². The van der Waals surface area contributed by atoms with Crippen LogP contribution in [0.3, 0.4) is 0 Å². The molecule has 3 nitrogen and oxygen atoms in total. The van der Waals surface area contributed by atoms with Gasteiger partial charge in [0, 0.05) is 6.54 Å². The number of rotatable bonds is 6. The summed E-state index contributed by atoms with van der Waals surface area (Å²) < 4.78 is 19.1. The molecule has 2 rings (SSSR count). The van der Waals surface area contributed by atoms with Gasteiger partial charge < -0.3 is 15.2 Å². The first-order valence-corrected chi connectivity index (χ1v) is 6.93. The molecular formula is C17H20FNO2. The summed E-state index contributed by atoms with van der Waals surface area (Å²) in [6, 6.07) is 12.5. The second-order valence-corrected chi connectivity index (χ2v) is 5.09. The van der Waals surface area contributed by atoms with Crippen LogP contribution in [-0.4, -0.2) is 24.4 Å². The lowest BCUT2D eigenvalue weighted by molar-refractivity contribution is 0.117. The first kappa shape index (κ1) is 15.3. The number of hydrogen-bond donors (Lipinski definition) is 2. The van der Waals surface area contributed by atoms with Gasteiger partial charge in [-0.25, -0.2) is 4.39 Å². The third-order valence-corrected chi connectivity index (χ3v) is 3.17. The van der Waals surface area contributed by atoms with Crippen molar-refractivity contribution in [2.24, 2.45) is 0 Å². The molecule has 0 saturated carbocycles. The molecule has 0 aliphatic rings. The van der Waals surface area contributed by atoms with E-state index >= 15 is 0 Å². The van der Waals surface area contributed by atoms with E-state index in [0.717, 1.165) is 16.9 Å². The Morgan fingerprint density at radius 3 is 2.67 bits per heavy atom. The molecule has 0 saturated heterocycles. The van der Waals surface area contributed by atoms with E-state index in [1.165, 1.54) is 6.07 Å². The third-order valence-electron chi connectivity index (χ3n) is 3.17. The van der Waals surface area contributed by atoms with Crippen LogP contribution in [0.4, 0.5) is 10.1 Å². The summed E-state index contributed by atoms with van der Waals surface area (Å²) >= 11 is 0. The maximum Gasteiger partial charge on any atom is 0.146 e. The molecule has 112 valence electrons. The molecule has 0 fully saturated rings. The van der Waals surface area contributed by atoms with Crippen molar-refractivity contribution in [3.05, 3.63) is 59.4 Å². The van der Waals surface area contributed by atoms with Gasteiger partial charge in [-0.2, -0.15) is 0 Å². The van der Waals surface area contributed by atoms with Crippen molar-refractivity contribution in [3.8, 4) is 5.75 Å². The summed E-state index contributed by atoms with van der Waals surface area (Å²) in [5.41, 5.74) is 2.33. The lowest BCUT2D eigenvalue weighted by atomic mass is 10.2. The third kappa shape index (κ3) is 4.46. The Balaban J connectivity index is 1.84. The first-order chi connectivity index (χ1) is 10.1. The average Bonchev–Trinajstić information content (AvgIpc) is 2.45. The molecule has 0 amide bonds. The molecule has 0 spiro atoms. The van der Waals surface area contributed by atoms with E-state index in [1.807, 2.05) is 44.2 Å². The van der Waals surface area contributed by atoms with Gasteiger partial charge in [-0.15, -0.1) is 0 Å². The van der Waals surface area contributed by atoms with Crippen LogP contribution < -0.4 is 10.1 Å². The second-order valence-electron chi connectivity index (χ2n) is 5.09. The molecule has 2 N–H and O–H groups in total. The van der Waals surface area contributed by atoms with Gasteiger partial charge in [0.1, 0.15) is 24.3 Å². The fraction of sp³-hybridized carbons (Fsp3) is 0.294. The highest BCUT2D eigenvalue weighted by Gasteiger charge is 2.09. The molecule has 0 heterocycles. The van der Waals surface area contributed by atoms with E-state index < -0.39 is 6.10 Å². The molecule has 4 heteroatoms. The van der Waals surface area contributed by atoms with Crippen LogP contribution in [0.1, 0.15) is 11.1 Å². The Kier molecular flexibility index (Phi) is 5.17. The predicted octanol–water partition coefficient (Wildman–Crippen LogP) is 3.29. The van der Waals surface area contributed by atoms with E-state index in [-0.39, 0.29) is 19.0 Å². The predicted molar refractivity (Wildman–Crippen MR) is 82.3 cm³/mol. The van der Waals surface area contributed by atoms with Gasteiger partial charge in [0.25, 0.3) is 0 Å². The van der Waals surface area contributed by atoms with Crippen molar-refractivity contribution >= 4 is 5.69 Å². The van der Waals surface area contributed by atoms with E-state index in [4.69, 9.17) is 4.74 Å². The number of hydrogen-bond acceptors (Lipinski definition) is 3. The Morgan fingerprint density at radius 1 is 1.19 bits per heavy atom. The van der Waals surface area contributed by atoms with Gasteiger partial charge in [-0.3, -0.25) is 0 Å². The first-order valence-electron chi connectivity index (χ1n) is 6.93. The summed E-state index contributed by atoms with van der Waals surface area (Å²) in [5.74, 6) is 0.401.